The van der Waals surface area contributed by atoms with Crippen molar-refractivity contribution in [3.05, 3.63) is 58.2 Å². The molecule has 1 saturated heterocycles. The molecule has 1 aromatic carbocycles. The van der Waals surface area contributed by atoms with Crippen molar-refractivity contribution >= 4 is 23.4 Å². The summed E-state index contributed by atoms with van der Waals surface area (Å²) in [5.74, 6) is -4.38. The lowest BCUT2D eigenvalue weighted by molar-refractivity contribution is -0.173. The second kappa shape index (κ2) is 7.00. The van der Waals surface area contributed by atoms with Gasteiger partial charge in [-0.05, 0) is 49.5 Å². The van der Waals surface area contributed by atoms with Gasteiger partial charge < -0.3 is 9.84 Å². The maximum atomic E-state index is 13.1. The summed E-state index contributed by atoms with van der Waals surface area (Å²) in [6, 6.07) is 4.79. The maximum Gasteiger partial charge on any atom is 0.257 e. The molecule has 8 heteroatoms. The van der Waals surface area contributed by atoms with E-state index in [0.717, 1.165) is 5.57 Å². The van der Waals surface area contributed by atoms with Crippen LogP contribution in [-0.2, 0) is 19.2 Å². The van der Waals surface area contributed by atoms with Crippen LogP contribution in [0.15, 0.2) is 52.6 Å². The molecular formula is C24H21NO7. The topological polar surface area (TPSA) is 121 Å². The minimum Gasteiger partial charge on any atom is -0.504 e. The summed E-state index contributed by atoms with van der Waals surface area (Å²) >= 11 is 0. The zero-order valence-corrected chi connectivity index (χ0v) is 17.5. The fourth-order valence-corrected chi connectivity index (χ4v) is 5.63. The molecule has 4 atom stereocenters. The molecule has 1 aliphatic heterocycles. The Morgan fingerprint density at radius 2 is 1.84 bits per heavy atom. The molecule has 1 aromatic rings. The molecule has 32 heavy (non-hydrogen) atoms. The summed E-state index contributed by atoms with van der Waals surface area (Å²) in [6.07, 6.45) is 3.55. The number of aromatic hydroxyl groups is 1. The number of phenols is 1. The first-order valence-corrected chi connectivity index (χ1v) is 10.4. The van der Waals surface area contributed by atoms with Gasteiger partial charge in [0, 0.05) is 22.6 Å². The van der Waals surface area contributed by atoms with E-state index in [1.54, 1.807) is 19.1 Å². The van der Waals surface area contributed by atoms with Crippen LogP contribution >= 0.6 is 0 Å². The fraction of sp³-hybridized carbons (Fsp3) is 0.333. The van der Waals surface area contributed by atoms with Gasteiger partial charge in [0.05, 0.1) is 18.9 Å². The third-order valence-electron chi connectivity index (χ3n) is 7.08. The predicted octanol–water partition coefficient (Wildman–Crippen LogP) is 2.22. The van der Waals surface area contributed by atoms with Gasteiger partial charge in [-0.2, -0.15) is 5.06 Å². The number of hydroxylamine groups is 2. The number of imide groups is 1. The summed E-state index contributed by atoms with van der Waals surface area (Å²) in [5.41, 5.74) is 2.32. The summed E-state index contributed by atoms with van der Waals surface area (Å²) in [6.45, 7) is 1.58. The van der Waals surface area contributed by atoms with Crippen LogP contribution in [-0.4, -0.2) is 45.9 Å². The van der Waals surface area contributed by atoms with Crippen molar-refractivity contribution < 1.29 is 34.2 Å². The minimum atomic E-state index is -0.801. The summed E-state index contributed by atoms with van der Waals surface area (Å²) < 4.78 is 5.12. The van der Waals surface area contributed by atoms with E-state index in [1.165, 1.54) is 19.3 Å². The van der Waals surface area contributed by atoms with Gasteiger partial charge in [-0.15, -0.1) is 0 Å². The Kier molecular flexibility index (Phi) is 4.46. The molecule has 0 radical (unpaired) electrons. The Bertz CT molecular complexity index is 1200. The first-order chi connectivity index (χ1) is 15.2. The monoisotopic (exact) mass is 435 g/mol. The zero-order chi connectivity index (χ0) is 22.9. The lowest BCUT2D eigenvalue weighted by Gasteiger charge is -2.42. The van der Waals surface area contributed by atoms with Crippen molar-refractivity contribution in [1.82, 2.24) is 5.06 Å². The molecular weight excluding hydrogens is 414 g/mol. The van der Waals surface area contributed by atoms with Gasteiger partial charge in [0.25, 0.3) is 11.8 Å². The average Bonchev–Trinajstić information content (AvgIpc) is 3.00. The first kappa shape index (κ1) is 20.4. The molecule has 0 unspecified atom stereocenters. The summed E-state index contributed by atoms with van der Waals surface area (Å²) in [4.78, 5) is 51.3. The van der Waals surface area contributed by atoms with Crippen molar-refractivity contribution in [2.24, 2.45) is 17.8 Å². The highest BCUT2D eigenvalue weighted by molar-refractivity contribution is 6.23. The molecule has 1 heterocycles. The van der Waals surface area contributed by atoms with E-state index in [2.05, 4.69) is 0 Å². The van der Waals surface area contributed by atoms with E-state index < -0.39 is 35.5 Å². The number of hydrogen-bond donors (Lipinski definition) is 2. The van der Waals surface area contributed by atoms with Crippen LogP contribution in [0.4, 0.5) is 0 Å². The number of allylic oxidation sites excluding steroid dienone is 6. The van der Waals surface area contributed by atoms with Crippen LogP contribution < -0.4 is 4.74 Å². The second-order valence-electron chi connectivity index (χ2n) is 8.65. The SMILES string of the molecule is COc1ccc([C@H]2C3=CC[C@@H]4C(=O)N(O)C(=O)[C@@H]4[C@@H]3CC3=C2C(=O)C=C(C)C3=O)cc1O. The number of Topliss-reactive ketones (excluding diaryl/α,β-unsaturated/α-hetero) is 1. The normalized spacial score (nSPS) is 29.4. The second-order valence-corrected chi connectivity index (χ2v) is 8.65. The Morgan fingerprint density at radius 1 is 1.09 bits per heavy atom. The molecule has 5 rings (SSSR count). The average molecular weight is 435 g/mol. The number of benzene rings is 1. The number of rotatable bonds is 2. The number of hydrogen-bond acceptors (Lipinski definition) is 7. The van der Waals surface area contributed by atoms with Gasteiger partial charge in [0.15, 0.2) is 23.1 Å². The fourth-order valence-electron chi connectivity index (χ4n) is 5.63. The van der Waals surface area contributed by atoms with E-state index in [1.807, 2.05) is 6.08 Å². The molecule has 0 bridgehead atoms. The Labute approximate surface area is 183 Å². The minimum absolute atomic E-state index is 0.112. The highest BCUT2D eigenvalue weighted by atomic mass is 16.5. The summed E-state index contributed by atoms with van der Waals surface area (Å²) in [7, 11) is 1.43. The van der Waals surface area contributed by atoms with E-state index in [-0.39, 0.29) is 41.0 Å². The Balaban J connectivity index is 1.71. The van der Waals surface area contributed by atoms with Crippen LogP contribution in [0, 0.1) is 17.8 Å². The molecule has 0 aromatic heterocycles. The molecule has 164 valence electrons. The van der Waals surface area contributed by atoms with Gasteiger partial charge >= 0.3 is 0 Å². The van der Waals surface area contributed by atoms with E-state index >= 15 is 0 Å². The lowest BCUT2D eigenvalue weighted by Crippen LogP contribution is -2.39. The van der Waals surface area contributed by atoms with Crippen molar-refractivity contribution in [3.63, 3.8) is 0 Å². The zero-order valence-electron chi connectivity index (χ0n) is 17.5. The van der Waals surface area contributed by atoms with Crippen LogP contribution in [0.3, 0.4) is 0 Å². The van der Waals surface area contributed by atoms with E-state index in [0.29, 0.717) is 22.3 Å². The summed E-state index contributed by atoms with van der Waals surface area (Å²) in [5, 5.41) is 20.5. The lowest BCUT2D eigenvalue weighted by atomic mass is 9.59. The molecule has 3 aliphatic carbocycles. The van der Waals surface area contributed by atoms with Gasteiger partial charge in [-0.25, -0.2) is 0 Å². The maximum absolute atomic E-state index is 13.1. The van der Waals surface area contributed by atoms with Gasteiger partial charge in [0.1, 0.15) is 0 Å². The van der Waals surface area contributed by atoms with Crippen LogP contribution in [0.2, 0.25) is 0 Å². The molecule has 2 N–H and O–H groups in total. The van der Waals surface area contributed by atoms with Crippen molar-refractivity contribution in [3.8, 4) is 11.5 Å². The first-order valence-electron chi connectivity index (χ1n) is 10.4. The number of phenolic OH excluding ortho intramolecular Hbond substituents is 1. The number of nitrogens with zero attached hydrogens (tertiary/aromatic N) is 1. The van der Waals surface area contributed by atoms with Crippen molar-refractivity contribution in [1.29, 1.82) is 0 Å². The number of ether oxygens (including phenoxy) is 1. The molecule has 8 nitrogen and oxygen atoms in total. The van der Waals surface area contributed by atoms with E-state index in [4.69, 9.17) is 4.74 Å². The van der Waals surface area contributed by atoms with Crippen LogP contribution in [0.25, 0.3) is 0 Å². The number of carbonyl (C=O) groups excluding carboxylic acids is 4. The number of methoxy groups -OCH3 is 1. The van der Waals surface area contributed by atoms with Crippen molar-refractivity contribution in [2.45, 2.75) is 25.7 Å². The van der Waals surface area contributed by atoms with Crippen LogP contribution in [0.5, 0.6) is 11.5 Å². The Morgan fingerprint density at radius 3 is 2.53 bits per heavy atom. The number of carbonyl (C=O) groups is 4. The molecule has 0 saturated carbocycles. The van der Waals surface area contributed by atoms with Crippen molar-refractivity contribution in [2.75, 3.05) is 7.11 Å². The molecule has 1 fully saturated rings. The van der Waals surface area contributed by atoms with Gasteiger partial charge in [-0.1, -0.05) is 17.7 Å². The number of amides is 2. The third kappa shape index (κ3) is 2.65. The Hall–Kier alpha value is -3.52. The van der Waals surface area contributed by atoms with E-state index in [9.17, 15) is 29.5 Å². The van der Waals surface area contributed by atoms with Crippen LogP contribution in [0.1, 0.15) is 31.2 Å². The number of ketones is 2. The highest BCUT2D eigenvalue weighted by Crippen LogP contribution is 2.55. The molecule has 4 aliphatic rings. The highest BCUT2D eigenvalue weighted by Gasteiger charge is 2.56. The molecule has 0 spiro atoms. The quantitative estimate of drug-likeness (QED) is 0.316. The van der Waals surface area contributed by atoms with Gasteiger partial charge in [-0.3, -0.25) is 24.4 Å². The number of fused-ring (bicyclic) bond motifs is 3. The third-order valence-corrected chi connectivity index (χ3v) is 7.08. The molecule has 2 amide bonds. The smallest absolute Gasteiger partial charge is 0.257 e. The predicted molar refractivity (Wildman–Crippen MR) is 110 cm³/mol. The van der Waals surface area contributed by atoms with Gasteiger partial charge in [0.2, 0.25) is 0 Å². The largest absolute Gasteiger partial charge is 0.504 e. The standard InChI is InChI=1S/C24H21NO7/c1-10-7-17(27)21-15(22(10)28)9-14-12(4-5-13-20(14)24(30)25(31)23(13)29)19(21)11-3-6-18(32-2)16(26)8-11/h3-4,6-8,13-14,19-20,26,31H,5,9H2,1-2H3/t13-,14+,19-,20-/m0/s1.